The lowest BCUT2D eigenvalue weighted by atomic mass is 9.92. The van der Waals surface area contributed by atoms with Gasteiger partial charge in [0.2, 0.25) is 0 Å². The zero-order valence-corrected chi connectivity index (χ0v) is 13.4. The molecule has 2 N–H and O–H groups in total. The summed E-state index contributed by atoms with van der Waals surface area (Å²) in [5, 5.41) is 12.6. The molecule has 0 aromatic heterocycles. The minimum Gasteiger partial charge on any atom is -0.497 e. The Morgan fingerprint density at radius 3 is 2.73 bits per heavy atom. The number of urea groups is 1. The first-order valence-corrected chi connectivity index (χ1v) is 7.99. The maximum Gasteiger partial charge on any atom is 0.317 e. The standard InChI is InChI=1S/C17H26N2O3/c1-3-18-17(21)19(14-7-9-15(20)10-8-14)12-13-5-4-6-16(11-13)22-2/h4-6,11,14-15,20H,3,7-10,12H2,1-2H3,(H,18,21). The van der Waals surface area contributed by atoms with Gasteiger partial charge >= 0.3 is 6.03 Å². The molecule has 22 heavy (non-hydrogen) atoms. The SMILES string of the molecule is CCNC(=O)N(Cc1cccc(OC)c1)C1CCC(O)CC1. The maximum atomic E-state index is 12.4. The molecule has 0 atom stereocenters. The van der Waals surface area contributed by atoms with Crippen molar-refractivity contribution in [3.63, 3.8) is 0 Å². The lowest BCUT2D eigenvalue weighted by Gasteiger charge is -2.35. The Labute approximate surface area is 132 Å². The van der Waals surface area contributed by atoms with Gasteiger partial charge in [-0.2, -0.15) is 0 Å². The summed E-state index contributed by atoms with van der Waals surface area (Å²) in [6.45, 7) is 3.10. The number of benzene rings is 1. The van der Waals surface area contributed by atoms with Gasteiger partial charge in [-0.15, -0.1) is 0 Å². The van der Waals surface area contributed by atoms with Crippen LogP contribution in [0.5, 0.6) is 5.75 Å². The molecule has 1 aromatic carbocycles. The highest BCUT2D eigenvalue weighted by atomic mass is 16.5. The highest BCUT2D eigenvalue weighted by molar-refractivity contribution is 5.74. The van der Waals surface area contributed by atoms with Crippen molar-refractivity contribution in [3.8, 4) is 5.75 Å². The normalized spacial score (nSPS) is 21.2. The third kappa shape index (κ3) is 4.37. The maximum absolute atomic E-state index is 12.4. The van der Waals surface area contributed by atoms with Crippen LogP contribution in [0.25, 0.3) is 0 Å². The summed E-state index contributed by atoms with van der Waals surface area (Å²) in [5.41, 5.74) is 1.05. The van der Waals surface area contributed by atoms with Crippen molar-refractivity contribution in [2.75, 3.05) is 13.7 Å². The number of hydrogen-bond donors (Lipinski definition) is 2. The van der Waals surface area contributed by atoms with E-state index in [0.717, 1.165) is 37.0 Å². The van der Waals surface area contributed by atoms with Gasteiger partial charge in [-0.1, -0.05) is 12.1 Å². The van der Waals surface area contributed by atoms with Gasteiger partial charge in [-0.3, -0.25) is 0 Å². The van der Waals surface area contributed by atoms with Crippen LogP contribution >= 0.6 is 0 Å². The van der Waals surface area contributed by atoms with E-state index in [-0.39, 0.29) is 18.2 Å². The second kappa shape index (κ2) is 8.03. The van der Waals surface area contributed by atoms with Crippen LogP contribution in [0.4, 0.5) is 4.79 Å². The van der Waals surface area contributed by atoms with Crippen LogP contribution < -0.4 is 10.1 Å². The fraction of sp³-hybridized carbons (Fsp3) is 0.588. The molecule has 0 bridgehead atoms. The molecule has 1 aliphatic rings. The first-order chi connectivity index (χ1) is 10.6. The molecular weight excluding hydrogens is 280 g/mol. The minimum absolute atomic E-state index is 0.0355. The molecule has 5 heteroatoms. The molecular formula is C17H26N2O3. The van der Waals surface area contributed by atoms with Crippen molar-refractivity contribution in [1.29, 1.82) is 0 Å². The number of nitrogens with one attached hydrogen (secondary N) is 1. The molecule has 122 valence electrons. The van der Waals surface area contributed by atoms with Crippen molar-refractivity contribution < 1.29 is 14.6 Å². The van der Waals surface area contributed by atoms with Gasteiger partial charge in [0, 0.05) is 19.1 Å². The molecule has 0 unspecified atom stereocenters. The quantitative estimate of drug-likeness (QED) is 0.879. The minimum atomic E-state index is -0.218. The Kier molecular flexibility index (Phi) is 6.07. The second-order valence-corrected chi connectivity index (χ2v) is 5.78. The van der Waals surface area contributed by atoms with E-state index in [9.17, 15) is 9.90 Å². The third-order valence-corrected chi connectivity index (χ3v) is 4.18. The van der Waals surface area contributed by atoms with Crippen molar-refractivity contribution in [3.05, 3.63) is 29.8 Å². The largest absolute Gasteiger partial charge is 0.497 e. The number of amides is 2. The number of aliphatic hydroxyl groups excluding tert-OH is 1. The smallest absolute Gasteiger partial charge is 0.317 e. The number of hydrogen-bond acceptors (Lipinski definition) is 3. The number of rotatable bonds is 5. The van der Waals surface area contributed by atoms with E-state index in [2.05, 4.69) is 5.32 Å². The van der Waals surface area contributed by atoms with Crippen LogP contribution in [0.1, 0.15) is 38.2 Å². The monoisotopic (exact) mass is 306 g/mol. The molecule has 0 radical (unpaired) electrons. The van der Waals surface area contributed by atoms with Crippen LogP contribution in [0, 0.1) is 0 Å². The summed E-state index contributed by atoms with van der Waals surface area (Å²) in [5.74, 6) is 0.799. The average molecular weight is 306 g/mol. The van der Waals surface area contributed by atoms with E-state index in [4.69, 9.17) is 4.74 Å². The van der Waals surface area contributed by atoms with Gasteiger partial charge in [0.05, 0.1) is 13.2 Å². The lowest BCUT2D eigenvalue weighted by Crippen LogP contribution is -2.47. The van der Waals surface area contributed by atoms with Crippen LogP contribution in [0.2, 0.25) is 0 Å². The fourth-order valence-corrected chi connectivity index (χ4v) is 2.96. The van der Waals surface area contributed by atoms with Gasteiger partial charge in [0.1, 0.15) is 5.75 Å². The average Bonchev–Trinajstić information content (AvgIpc) is 2.54. The Hall–Kier alpha value is -1.75. The van der Waals surface area contributed by atoms with E-state index < -0.39 is 0 Å². The van der Waals surface area contributed by atoms with Crippen molar-refractivity contribution >= 4 is 6.03 Å². The van der Waals surface area contributed by atoms with Gasteiger partial charge in [0.25, 0.3) is 0 Å². The predicted octanol–water partition coefficient (Wildman–Crippen LogP) is 2.53. The second-order valence-electron chi connectivity index (χ2n) is 5.78. The Balaban J connectivity index is 2.11. The number of methoxy groups -OCH3 is 1. The Morgan fingerprint density at radius 1 is 1.36 bits per heavy atom. The first kappa shape index (κ1) is 16.6. The summed E-state index contributed by atoms with van der Waals surface area (Å²) in [6, 6.07) is 7.95. The van der Waals surface area contributed by atoms with Gasteiger partial charge in [0.15, 0.2) is 0 Å². The zero-order chi connectivity index (χ0) is 15.9. The highest BCUT2D eigenvalue weighted by Gasteiger charge is 2.28. The summed E-state index contributed by atoms with van der Waals surface area (Å²) < 4.78 is 5.25. The van der Waals surface area contributed by atoms with Crippen LogP contribution in [-0.2, 0) is 6.54 Å². The molecule has 0 heterocycles. The van der Waals surface area contributed by atoms with E-state index in [0.29, 0.717) is 13.1 Å². The number of ether oxygens (including phenoxy) is 1. The van der Waals surface area contributed by atoms with Gasteiger partial charge < -0.3 is 20.1 Å². The van der Waals surface area contributed by atoms with E-state index in [1.54, 1.807) is 7.11 Å². The molecule has 0 aliphatic heterocycles. The molecule has 2 rings (SSSR count). The highest BCUT2D eigenvalue weighted by Crippen LogP contribution is 2.25. The molecule has 0 saturated heterocycles. The Bertz CT molecular complexity index is 485. The number of nitrogens with zero attached hydrogens (tertiary/aromatic N) is 1. The number of carbonyl (C=O) groups excluding carboxylic acids is 1. The molecule has 1 aromatic rings. The summed E-state index contributed by atoms with van der Waals surface area (Å²) in [7, 11) is 1.64. The zero-order valence-electron chi connectivity index (χ0n) is 13.4. The fourth-order valence-electron chi connectivity index (χ4n) is 2.96. The van der Waals surface area contributed by atoms with Crippen LogP contribution in [-0.4, -0.2) is 41.8 Å². The summed E-state index contributed by atoms with van der Waals surface area (Å²) in [4.78, 5) is 14.3. The lowest BCUT2D eigenvalue weighted by molar-refractivity contribution is 0.0819. The number of carbonyl (C=O) groups is 1. The molecule has 5 nitrogen and oxygen atoms in total. The van der Waals surface area contributed by atoms with Gasteiger partial charge in [-0.25, -0.2) is 4.79 Å². The first-order valence-electron chi connectivity index (χ1n) is 7.99. The molecule has 0 spiro atoms. The van der Waals surface area contributed by atoms with Crippen molar-refractivity contribution in [2.24, 2.45) is 0 Å². The van der Waals surface area contributed by atoms with Gasteiger partial charge in [-0.05, 0) is 50.3 Å². The number of aliphatic hydroxyl groups is 1. The van der Waals surface area contributed by atoms with E-state index >= 15 is 0 Å². The van der Waals surface area contributed by atoms with Crippen LogP contribution in [0.3, 0.4) is 0 Å². The van der Waals surface area contributed by atoms with E-state index in [1.807, 2.05) is 36.1 Å². The molecule has 1 saturated carbocycles. The van der Waals surface area contributed by atoms with E-state index in [1.165, 1.54) is 0 Å². The van der Waals surface area contributed by atoms with Crippen molar-refractivity contribution in [1.82, 2.24) is 10.2 Å². The summed E-state index contributed by atoms with van der Waals surface area (Å²) in [6.07, 6.45) is 3.01. The third-order valence-electron chi connectivity index (χ3n) is 4.18. The van der Waals surface area contributed by atoms with Crippen molar-refractivity contribution in [2.45, 2.75) is 51.3 Å². The summed E-state index contributed by atoms with van der Waals surface area (Å²) >= 11 is 0. The topological polar surface area (TPSA) is 61.8 Å². The van der Waals surface area contributed by atoms with Crippen LogP contribution in [0.15, 0.2) is 24.3 Å². The molecule has 1 aliphatic carbocycles. The molecule has 2 amide bonds. The predicted molar refractivity (Wildman–Crippen MR) is 85.9 cm³/mol. The molecule has 1 fully saturated rings. The Morgan fingerprint density at radius 2 is 2.09 bits per heavy atom.